The Morgan fingerprint density at radius 2 is 1.23 bits per heavy atom. The van der Waals surface area contributed by atoms with Gasteiger partial charge in [-0.05, 0) is 71.5 Å². The molecule has 0 bridgehead atoms. The van der Waals surface area contributed by atoms with Gasteiger partial charge in [-0.3, -0.25) is 4.79 Å². The van der Waals surface area contributed by atoms with Crippen molar-refractivity contribution in [3.05, 3.63) is 90.5 Å². The normalized spacial score (nSPS) is 11.8. The van der Waals surface area contributed by atoms with Crippen molar-refractivity contribution >= 4 is 16.3 Å². The van der Waals surface area contributed by atoms with E-state index in [-0.39, 0.29) is 5.97 Å². The van der Waals surface area contributed by atoms with Gasteiger partial charge in [-0.1, -0.05) is 81.6 Å². The van der Waals surface area contributed by atoms with Gasteiger partial charge in [0.05, 0.1) is 0 Å². The first-order valence-electron chi connectivity index (χ1n) is 11.5. The molecule has 0 radical (unpaired) electrons. The van der Waals surface area contributed by atoms with Crippen LogP contribution >= 0.6 is 10.3 Å². The van der Waals surface area contributed by atoms with Gasteiger partial charge in [-0.25, -0.2) is 0 Å². The smallest absolute Gasteiger partial charge is 0.317 e. The fraction of sp³-hybridized carbons (Fsp3) is 0.321. The molecular formula is C28H34O2S. The van der Waals surface area contributed by atoms with Gasteiger partial charge in [0, 0.05) is 21.1 Å². The van der Waals surface area contributed by atoms with E-state index in [0.29, 0.717) is 6.42 Å². The molecule has 3 aromatic rings. The maximum atomic E-state index is 12.8. The van der Waals surface area contributed by atoms with E-state index in [1.807, 2.05) is 43.3 Å². The van der Waals surface area contributed by atoms with Crippen LogP contribution in [-0.4, -0.2) is 5.97 Å². The first-order chi connectivity index (χ1) is 15.2. The third-order valence-corrected chi connectivity index (χ3v) is 8.64. The lowest BCUT2D eigenvalue weighted by atomic mass is 10.1. The molecule has 0 saturated carbocycles. The van der Waals surface area contributed by atoms with E-state index in [1.54, 1.807) is 0 Å². The Morgan fingerprint density at radius 1 is 0.677 bits per heavy atom. The highest BCUT2D eigenvalue weighted by molar-refractivity contribution is 8.30. The topological polar surface area (TPSA) is 26.3 Å². The highest BCUT2D eigenvalue weighted by atomic mass is 32.3. The second-order valence-corrected chi connectivity index (χ2v) is 10.5. The number of benzene rings is 3. The van der Waals surface area contributed by atoms with Gasteiger partial charge in [0.2, 0.25) is 0 Å². The number of carbonyl (C=O) groups excluding carboxylic acids is 1. The molecule has 0 atom stereocenters. The Morgan fingerprint density at radius 3 is 1.74 bits per heavy atom. The summed E-state index contributed by atoms with van der Waals surface area (Å²) in [5.74, 6) is -0.145. The molecule has 0 aromatic heterocycles. The van der Waals surface area contributed by atoms with Crippen LogP contribution in [0.1, 0.15) is 57.9 Å². The van der Waals surface area contributed by atoms with Crippen LogP contribution in [0.15, 0.2) is 99.6 Å². The first kappa shape index (κ1) is 23.1. The maximum absolute atomic E-state index is 12.8. The summed E-state index contributed by atoms with van der Waals surface area (Å²) >= 11 is 0. The molecule has 3 heteroatoms. The minimum absolute atomic E-state index is 0.145. The average Bonchev–Trinajstić information content (AvgIpc) is 2.82. The van der Waals surface area contributed by atoms with Gasteiger partial charge >= 0.3 is 5.97 Å². The fourth-order valence-electron chi connectivity index (χ4n) is 3.77. The number of aryl methyl sites for hydroxylation is 1. The molecule has 0 amide bonds. The predicted octanol–water partition coefficient (Wildman–Crippen LogP) is 8.35. The highest BCUT2D eigenvalue weighted by Crippen LogP contribution is 2.69. The average molecular weight is 435 g/mol. The van der Waals surface area contributed by atoms with E-state index in [0.717, 1.165) is 27.5 Å². The first-order valence-corrected chi connectivity index (χ1v) is 13.0. The van der Waals surface area contributed by atoms with Gasteiger partial charge in [-0.15, -0.1) is 0 Å². The zero-order valence-electron chi connectivity index (χ0n) is 18.8. The van der Waals surface area contributed by atoms with Gasteiger partial charge < -0.3 is 4.18 Å². The number of hydrogen-bond donors (Lipinski definition) is 0. The van der Waals surface area contributed by atoms with E-state index in [9.17, 15) is 4.79 Å². The summed E-state index contributed by atoms with van der Waals surface area (Å²) in [7, 11) is -2.15. The molecule has 0 spiro atoms. The number of rotatable bonds is 11. The second kappa shape index (κ2) is 11.8. The van der Waals surface area contributed by atoms with Gasteiger partial charge in [0.25, 0.3) is 0 Å². The Labute approximate surface area is 189 Å². The van der Waals surface area contributed by atoms with Crippen molar-refractivity contribution in [2.75, 3.05) is 0 Å². The van der Waals surface area contributed by atoms with E-state index in [2.05, 4.69) is 55.5 Å². The minimum atomic E-state index is -2.15. The molecule has 0 aliphatic heterocycles. The summed E-state index contributed by atoms with van der Waals surface area (Å²) in [5, 5.41) is 0. The third kappa shape index (κ3) is 5.80. The summed E-state index contributed by atoms with van der Waals surface area (Å²) in [5.41, 5.74) is 1.34. The van der Waals surface area contributed by atoms with E-state index < -0.39 is 10.3 Å². The molecule has 0 unspecified atom stereocenters. The Kier molecular flexibility index (Phi) is 8.78. The lowest BCUT2D eigenvalue weighted by molar-refractivity contribution is -0.133. The molecule has 164 valence electrons. The zero-order valence-corrected chi connectivity index (χ0v) is 19.6. The Balaban J connectivity index is 2.05. The van der Waals surface area contributed by atoms with E-state index in [4.69, 9.17) is 4.18 Å². The zero-order chi connectivity index (χ0) is 21.9. The minimum Gasteiger partial charge on any atom is -0.402 e. The molecular weight excluding hydrogens is 400 g/mol. The van der Waals surface area contributed by atoms with Crippen molar-refractivity contribution in [1.82, 2.24) is 0 Å². The summed E-state index contributed by atoms with van der Waals surface area (Å²) in [4.78, 5) is 16.0. The van der Waals surface area contributed by atoms with Crippen LogP contribution in [0.4, 0.5) is 0 Å². The number of unbranched alkanes of at least 4 members (excludes halogenated alkanes) is 3. The lowest BCUT2D eigenvalue weighted by Gasteiger charge is -2.39. The Hall–Kier alpha value is -2.52. The lowest BCUT2D eigenvalue weighted by Crippen LogP contribution is -2.13. The molecule has 3 rings (SSSR count). The van der Waals surface area contributed by atoms with Crippen LogP contribution in [0.3, 0.4) is 0 Å². The summed E-state index contributed by atoms with van der Waals surface area (Å²) in [6.07, 6.45) is 7.32. The van der Waals surface area contributed by atoms with E-state index >= 15 is 0 Å². The molecule has 0 aliphatic carbocycles. The second-order valence-electron chi connectivity index (χ2n) is 7.84. The maximum Gasteiger partial charge on any atom is 0.317 e. The number of carbonyl (C=O) groups is 1. The van der Waals surface area contributed by atoms with Crippen LogP contribution in [0.5, 0.6) is 0 Å². The molecule has 0 heterocycles. The van der Waals surface area contributed by atoms with Crippen LogP contribution in [0.25, 0.3) is 0 Å². The summed E-state index contributed by atoms with van der Waals surface area (Å²) < 4.78 is 6.43. The van der Waals surface area contributed by atoms with Crippen LogP contribution in [0, 0.1) is 0 Å². The SMILES string of the molecule is CCCCCCc1ccc(S(OC(=O)CCC)(c2ccccc2)c2ccccc2)cc1. The van der Waals surface area contributed by atoms with Gasteiger partial charge in [0.1, 0.15) is 0 Å². The largest absolute Gasteiger partial charge is 0.402 e. The van der Waals surface area contributed by atoms with Crippen molar-refractivity contribution in [2.45, 2.75) is 73.5 Å². The molecule has 0 fully saturated rings. The number of hydrogen-bond acceptors (Lipinski definition) is 2. The summed E-state index contributed by atoms with van der Waals surface area (Å²) in [6.45, 7) is 4.25. The standard InChI is InChI=1S/C28H34O2S/c1-3-5-6-9-15-24-20-22-27(23-21-24)31(30-28(29)14-4-2,25-16-10-7-11-17-25)26-18-12-8-13-19-26/h7-8,10-13,16-23H,3-6,9,14-15H2,1-2H3. The van der Waals surface area contributed by atoms with E-state index in [1.165, 1.54) is 31.2 Å². The van der Waals surface area contributed by atoms with Crippen molar-refractivity contribution in [3.63, 3.8) is 0 Å². The van der Waals surface area contributed by atoms with Crippen LogP contribution in [0.2, 0.25) is 0 Å². The monoisotopic (exact) mass is 434 g/mol. The molecule has 0 saturated heterocycles. The molecule has 3 aromatic carbocycles. The molecule has 2 nitrogen and oxygen atoms in total. The summed E-state index contributed by atoms with van der Waals surface area (Å²) in [6, 6.07) is 29.2. The van der Waals surface area contributed by atoms with Gasteiger partial charge in [0.15, 0.2) is 0 Å². The molecule has 0 aliphatic rings. The van der Waals surface area contributed by atoms with Crippen LogP contribution < -0.4 is 0 Å². The van der Waals surface area contributed by atoms with Crippen molar-refractivity contribution in [2.24, 2.45) is 0 Å². The third-order valence-electron chi connectivity index (χ3n) is 5.40. The van der Waals surface area contributed by atoms with Crippen LogP contribution in [-0.2, 0) is 15.4 Å². The Bertz CT molecular complexity index is 881. The van der Waals surface area contributed by atoms with Crippen molar-refractivity contribution < 1.29 is 8.98 Å². The fourth-order valence-corrected chi connectivity index (χ4v) is 6.83. The predicted molar refractivity (Wildman–Crippen MR) is 131 cm³/mol. The molecule has 0 N–H and O–H groups in total. The van der Waals surface area contributed by atoms with Crippen molar-refractivity contribution in [3.8, 4) is 0 Å². The van der Waals surface area contributed by atoms with Gasteiger partial charge in [-0.2, -0.15) is 0 Å². The molecule has 31 heavy (non-hydrogen) atoms. The highest BCUT2D eigenvalue weighted by Gasteiger charge is 2.35. The van der Waals surface area contributed by atoms with Crippen molar-refractivity contribution in [1.29, 1.82) is 0 Å². The quantitative estimate of drug-likeness (QED) is 0.283.